The van der Waals surface area contributed by atoms with Gasteiger partial charge in [-0.25, -0.2) is 8.42 Å². The van der Waals surface area contributed by atoms with Crippen molar-refractivity contribution in [2.45, 2.75) is 11.8 Å². The van der Waals surface area contributed by atoms with E-state index in [2.05, 4.69) is 10.0 Å². The lowest BCUT2D eigenvalue weighted by atomic mass is 10.2. The van der Waals surface area contributed by atoms with Crippen LogP contribution in [0.15, 0.2) is 71.6 Å². The quantitative estimate of drug-likeness (QED) is 0.450. The number of nitrogens with one attached hydrogen (secondary N) is 2. The van der Waals surface area contributed by atoms with Crippen LogP contribution in [0.2, 0.25) is 10.0 Å². The van der Waals surface area contributed by atoms with Gasteiger partial charge in [-0.15, -0.1) is 0 Å². The van der Waals surface area contributed by atoms with Crippen molar-refractivity contribution in [3.8, 4) is 5.75 Å². The number of benzene rings is 3. The van der Waals surface area contributed by atoms with Gasteiger partial charge in [-0.1, -0.05) is 40.9 Å². The molecule has 0 spiro atoms. The molecule has 3 aromatic carbocycles. The second-order valence-electron chi connectivity index (χ2n) is 6.67. The minimum absolute atomic E-state index is 0.112. The molecule has 0 heterocycles. The van der Waals surface area contributed by atoms with Crippen LogP contribution in [0.3, 0.4) is 0 Å². The first-order valence-corrected chi connectivity index (χ1v) is 11.5. The van der Waals surface area contributed by atoms with E-state index >= 15 is 0 Å². The SMILES string of the molecule is Cc1ccc(S(=O)(=O)Nc2ccc(C(=O)NCCOc3ccc(Cl)cc3)cc2Cl)cc1. The Hall–Kier alpha value is -2.74. The van der Waals surface area contributed by atoms with Gasteiger partial charge in [0.15, 0.2) is 0 Å². The molecule has 31 heavy (non-hydrogen) atoms. The maximum Gasteiger partial charge on any atom is 0.261 e. The molecule has 162 valence electrons. The van der Waals surface area contributed by atoms with Gasteiger partial charge in [0.2, 0.25) is 0 Å². The second kappa shape index (κ2) is 10.0. The van der Waals surface area contributed by atoms with E-state index in [-0.39, 0.29) is 34.7 Å². The number of rotatable bonds is 8. The standard InChI is InChI=1S/C22H20Cl2N2O4S/c1-15-2-9-19(10-3-15)31(28,29)26-21-11-4-16(14-20(21)24)22(27)25-12-13-30-18-7-5-17(23)6-8-18/h2-11,14,26H,12-13H2,1H3,(H,25,27). The number of anilines is 1. The van der Waals surface area contributed by atoms with Gasteiger partial charge in [0.05, 0.1) is 22.2 Å². The van der Waals surface area contributed by atoms with Crippen LogP contribution in [0, 0.1) is 6.92 Å². The zero-order chi connectivity index (χ0) is 22.4. The Morgan fingerprint density at radius 3 is 2.29 bits per heavy atom. The molecule has 2 N–H and O–H groups in total. The summed E-state index contributed by atoms with van der Waals surface area (Å²) >= 11 is 12.0. The third-order valence-electron chi connectivity index (χ3n) is 4.28. The first-order valence-electron chi connectivity index (χ1n) is 9.30. The number of aryl methyl sites for hydroxylation is 1. The van der Waals surface area contributed by atoms with Crippen LogP contribution in [0.4, 0.5) is 5.69 Å². The molecule has 0 saturated carbocycles. The number of hydrogen-bond acceptors (Lipinski definition) is 4. The summed E-state index contributed by atoms with van der Waals surface area (Å²) in [4.78, 5) is 12.4. The topological polar surface area (TPSA) is 84.5 Å². The van der Waals surface area contributed by atoms with Crippen LogP contribution < -0.4 is 14.8 Å². The number of amides is 1. The van der Waals surface area contributed by atoms with Crippen LogP contribution >= 0.6 is 23.2 Å². The number of halogens is 2. The van der Waals surface area contributed by atoms with Gasteiger partial charge in [0, 0.05) is 10.6 Å². The average Bonchev–Trinajstić information content (AvgIpc) is 2.74. The molecule has 0 saturated heterocycles. The highest BCUT2D eigenvalue weighted by Gasteiger charge is 2.16. The van der Waals surface area contributed by atoms with Crippen LogP contribution in [0.5, 0.6) is 5.75 Å². The molecule has 0 radical (unpaired) electrons. The highest BCUT2D eigenvalue weighted by molar-refractivity contribution is 7.92. The number of ether oxygens (including phenoxy) is 1. The largest absolute Gasteiger partial charge is 0.492 e. The summed E-state index contributed by atoms with van der Waals surface area (Å²) in [6.07, 6.45) is 0. The number of carbonyl (C=O) groups excluding carboxylic acids is 1. The molecule has 0 bridgehead atoms. The maximum atomic E-state index is 12.5. The van der Waals surface area contributed by atoms with Crippen LogP contribution in [-0.4, -0.2) is 27.5 Å². The number of hydrogen-bond donors (Lipinski definition) is 2. The summed E-state index contributed by atoms with van der Waals surface area (Å²) in [5.74, 6) is 0.293. The van der Waals surface area contributed by atoms with Crippen molar-refractivity contribution in [1.82, 2.24) is 5.32 Å². The van der Waals surface area contributed by atoms with Crippen LogP contribution in [0.1, 0.15) is 15.9 Å². The third-order valence-corrected chi connectivity index (χ3v) is 6.22. The fraction of sp³-hybridized carbons (Fsp3) is 0.136. The fourth-order valence-corrected chi connectivity index (χ4v) is 4.12. The van der Waals surface area contributed by atoms with Gasteiger partial charge < -0.3 is 10.1 Å². The van der Waals surface area contributed by atoms with Crippen molar-refractivity contribution >= 4 is 44.8 Å². The smallest absolute Gasteiger partial charge is 0.261 e. The van der Waals surface area contributed by atoms with E-state index in [0.717, 1.165) is 5.56 Å². The highest BCUT2D eigenvalue weighted by atomic mass is 35.5. The normalized spacial score (nSPS) is 11.1. The number of carbonyl (C=O) groups is 1. The van der Waals surface area contributed by atoms with Gasteiger partial charge in [-0.3, -0.25) is 9.52 Å². The van der Waals surface area contributed by atoms with Crippen molar-refractivity contribution in [2.75, 3.05) is 17.9 Å². The van der Waals surface area contributed by atoms with Gasteiger partial charge >= 0.3 is 0 Å². The summed E-state index contributed by atoms with van der Waals surface area (Å²) in [7, 11) is -3.79. The first kappa shape index (κ1) is 22.9. The van der Waals surface area contributed by atoms with Gasteiger partial charge in [0.25, 0.3) is 15.9 Å². The van der Waals surface area contributed by atoms with E-state index in [1.807, 2.05) is 6.92 Å². The molecule has 0 unspecified atom stereocenters. The van der Waals surface area contributed by atoms with Crippen LogP contribution in [-0.2, 0) is 10.0 Å². The minimum Gasteiger partial charge on any atom is -0.492 e. The average molecular weight is 479 g/mol. The van der Waals surface area contributed by atoms with Crippen molar-refractivity contribution in [1.29, 1.82) is 0 Å². The molecular weight excluding hydrogens is 459 g/mol. The Bertz CT molecular complexity index is 1170. The minimum atomic E-state index is -3.79. The molecule has 0 aliphatic heterocycles. The van der Waals surface area contributed by atoms with E-state index in [4.69, 9.17) is 27.9 Å². The van der Waals surface area contributed by atoms with Crippen LogP contribution in [0.25, 0.3) is 0 Å². The van der Waals surface area contributed by atoms with Gasteiger partial charge in [-0.05, 0) is 61.5 Å². The molecule has 3 aromatic rings. The number of sulfonamides is 1. The lowest BCUT2D eigenvalue weighted by Crippen LogP contribution is -2.28. The van der Waals surface area contributed by atoms with Crippen molar-refractivity contribution in [3.05, 3.63) is 87.9 Å². The molecular formula is C22H20Cl2N2O4S. The second-order valence-corrected chi connectivity index (χ2v) is 9.20. The van der Waals surface area contributed by atoms with E-state index in [0.29, 0.717) is 16.3 Å². The molecule has 9 heteroatoms. The van der Waals surface area contributed by atoms with E-state index < -0.39 is 10.0 Å². The van der Waals surface area contributed by atoms with Gasteiger partial charge in [0.1, 0.15) is 12.4 Å². The summed E-state index contributed by atoms with van der Waals surface area (Å²) in [5, 5.41) is 3.44. The van der Waals surface area contributed by atoms with E-state index in [1.54, 1.807) is 36.4 Å². The summed E-state index contributed by atoms with van der Waals surface area (Å²) in [6.45, 7) is 2.42. The van der Waals surface area contributed by atoms with Crippen molar-refractivity contribution in [2.24, 2.45) is 0 Å². The van der Waals surface area contributed by atoms with E-state index in [1.165, 1.54) is 30.3 Å². The monoisotopic (exact) mass is 478 g/mol. The summed E-state index contributed by atoms with van der Waals surface area (Å²) < 4.78 is 33.0. The fourth-order valence-electron chi connectivity index (χ4n) is 2.63. The molecule has 0 aromatic heterocycles. The van der Waals surface area contributed by atoms with Crippen molar-refractivity contribution in [3.63, 3.8) is 0 Å². The Morgan fingerprint density at radius 2 is 1.65 bits per heavy atom. The molecule has 3 rings (SSSR count). The Kier molecular flexibility index (Phi) is 7.43. The first-order chi connectivity index (χ1) is 14.7. The third kappa shape index (κ3) is 6.37. The molecule has 0 aliphatic carbocycles. The molecule has 0 atom stereocenters. The zero-order valence-electron chi connectivity index (χ0n) is 16.6. The predicted molar refractivity (Wildman–Crippen MR) is 123 cm³/mol. The molecule has 6 nitrogen and oxygen atoms in total. The Morgan fingerprint density at radius 1 is 0.968 bits per heavy atom. The predicted octanol–water partition coefficient (Wildman–Crippen LogP) is 4.91. The Balaban J connectivity index is 1.57. The van der Waals surface area contributed by atoms with Crippen molar-refractivity contribution < 1.29 is 17.9 Å². The molecule has 1 amide bonds. The molecule has 0 aliphatic rings. The lowest BCUT2D eigenvalue weighted by molar-refractivity contribution is 0.0947. The van der Waals surface area contributed by atoms with Gasteiger partial charge in [-0.2, -0.15) is 0 Å². The maximum absolute atomic E-state index is 12.5. The highest BCUT2D eigenvalue weighted by Crippen LogP contribution is 2.26. The summed E-state index contributed by atoms with van der Waals surface area (Å²) in [5.41, 5.74) is 1.44. The zero-order valence-corrected chi connectivity index (χ0v) is 18.9. The van der Waals surface area contributed by atoms with E-state index in [9.17, 15) is 13.2 Å². The Labute approximate surface area is 191 Å². The molecule has 0 fully saturated rings. The summed E-state index contributed by atoms with van der Waals surface area (Å²) in [6, 6.07) is 17.7. The lowest BCUT2D eigenvalue weighted by Gasteiger charge is -2.12.